The summed E-state index contributed by atoms with van der Waals surface area (Å²) in [6.07, 6.45) is 7.31. The van der Waals surface area contributed by atoms with E-state index in [0.29, 0.717) is 12.5 Å². The lowest BCUT2D eigenvalue weighted by atomic mass is 9.90. The molecule has 0 radical (unpaired) electrons. The zero-order valence-corrected chi connectivity index (χ0v) is 11.9. The highest BCUT2D eigenvalue weighted by Gasteiger charge is 2.27. The van der Waals surface area contributed by atoms with E-state index in [1.807, 2.05) is 18.2 Å². The van der Waals surface area contributed by atoms with Crippen LogP contribution in [0.25, 0.3) is 0 Å². The largest absolute Gasteiger partial charge is 0.464 e. The van der Waals surface area contributed by atoms with Gasteiger partial charge < -0.3 is 10.1 Å². The summed E-state index contributed by atoms with van der Waals surface area (Å²) in [5.74, 6) is 0.467. The number of carbonyl (C=O) groups excluding carboxylic acids is 1. The van der Waals surface area contributed by atoms with E-state index in [9.17, 15) is 4.79 Å². The van der Waals surface area contributed by atoms with Crippen molar-refractivity contribution >= 4 is 5.97 Å². The quantitative estimate of drug-likeness (QED) is 0.860. The number of rotatable bonds is 3. The first kappa shape index (κ1) is 13.6. The van der Waals surface area contributed by atoms with Gasteiger partial charge in [-0.25, -0.2) is 4.79 Å². The molecular weight excluding hydrogens is 250 g/mol. The molecule has 1 aliphatic carbocycles. The predicted octanol–water partition coefficient (Wildman–Crippen LogP) is 3.00. The van der Waals surface area contributed by atoms with E-state index in [0.717, 1.165) is 18.5 Å². The first-order valence-electron chi connectivity index (χ1n) is 7.82. The average molecular weight is 273 g/mol. The van der Waals surface area contributed by atoms with Gasteiger partial charge in [0.2, 0.25) is 0 Å². The van der Waals surface area contributed by atoms with Gasteiger partial charge in [-0.05, 0) is 36.3 Å². The van der Waals surface area contributed by atoms with Crippen molar-refractivity contribution in [3.63, 3.8) is 0 Å². The van der Waals surface area contributed by atoms with Crippen LogP contribution in [0.5, 0.6) is 0 Å². The molecule has 1 atom stereocenters. The number of ether oxygens (including phenoxy) is 1. The Kier molecular flexibility index (Phi) is 4.36. The number of hydrogen-bond acceptors (Lipinski definition) is 3. The van der Waals surface area contributed by atoms with Crippen molar-refractivity contribution in [3.8, 4) is 0 Å². The summed E-state index contributed by atoms with van der Waals surface area (Å²) in [5, 5.41) is 3.29. The molecule has 0 aromatic heterocycles. The predicted molar refractivity (Wildman–Crippen MR) is 78.4 cm³/mol. The summed E-state index contributed by atoms with van der Waals surface area (Å²) < 4.78 is 5.58. The third kappa shape index (κ3) is 3.04. The van der Waals surface area contributed by atoms with E-state index in [4.69, 9.17) is 4.74 Å². The minimum atomic E-state index is -0.274. The van der Waals surface area contributed by atoms with E-state index in [1.165, 1.54) is 37.7 Å². The Morgan fingerprint density at radius 1 is 1.20 bits per heavy atom. The summed E-state index contributed by atoms with van der Waals surface area (Å²) in [6.45, 7) is 1.44. The van der Waals surface area contributed by atoms with E-state index in [2.05, 4.69) is 11.4 Å². The maximum absolute atomic E-state index is 12.3. The van der Waals surface area contributed by atoms with Gasteiger partial charge >= 0.3 is 5.97 Å². The molecule has 0 bridgehead atoms. The van der Waals surface area contributed by atoms with Crippen LogP contribution in [-0.4, -0.2) is 19.1 Å². The first-order valence-corrected chi connectivity index (χ1v) is 7.82. The Morgan fingerprint density at radius 3 is 2.85 bits per heavy atom. The molecular formula is C17H23NO2. The van der Waals surface area contributed by atoms with E-state index in [-0.39, 0.29) is 12.0 Å². The molecule has 1 saturated carbocycles. The van der Waals surface area contributed by atoms with Crippen LogP contribution in [-0.2, 0) is 16.0 Å². The van der Waals surface area contributed by atoms with Gasteiger partial charge in [0, 0.05) is 6.54 Å². The van der Waals surface area contributed by atoms with Gasteiger partial charge in [0.25, 0.3) is 0 Å². The minimum absolute atomic E-state index is 0.109. The van der Waals surface area contributed by atoms with Gasteiger partial charge in [-0.2, -0.15) is 0 Å². The fourth-order valence-corrected chi connectivity index (χ4v) is 3.35. The van der Waals surface area contributed by atoms with Crippen LogP contribution >= 0.6 is 0 Å². The second kappa shape index (κ2) is 6.40. The smallest absolute Gasteiger partial charge is 0.327 e. The average Bonchev–Trinajstić information content (AvgIpc) is 2.53. The van der Waals surface area contributed by atoms with Gasteiger partial charge in [0.1, 0.15) is 6.04 Å². The van der Waals surface area contributed by atoms with Crippen molar-refractivity contribution in [1.82, 2.24) is 5.32 Å². The lowest BCUT2D eigenvalue weighted by Gasteiger charge is -2.27. The lowest BCUT2D eigenvalue weighted by molar-refractivity contribution is -0.148. The van der Waals surface area contributed by atoms with Crippen molar-refractivity contribution < 1.29 is 9.53 Å². The lowest BCUT2D eigenvalue weighted by Crippen LogP contribution is -2.36. The van der Waals surface area contributed by atoms with Crippen LogP contribution in [0.15, 0.2) is 24.3 Å². The summed E-state index contributed by atoms with van der Waals surface area (Å²) in [4.78, 5) is 12.3. The Labute approximate surface area is 120 Å². The number of esters is 1. The summed E-state index contributed by atoms with van der Waals surface area (Å²) >= 11 is 0. The van der Waals surface area contributed by atoms with Crippen LogP contribution in [0.4, 0.5) is 0 Å². The van der Waals surface area contributed by atoms with Gasteiger partial charge in [0.15, 0.2) is 0 Å². The monoisotopic (exact) mass is 273 g/mol. The molecule has 108 valence electrons. The van der Waals surface area contributed by atoms with Crippen LogP contribution in [0.2, 0.25) is 0 Å². The molecule has 1 heterocycles. The standard InChI is InChI=1S/C17H23NO2/c19-17(20-12-13-6-2-1-3-7-13)16-15-9-5-4-8-14(15)10-11-18-16/h4-5,8-9,13,16,18H,1-3,6-7,10-12H2. The highest BCUT2D eigenvalue weighted by molar-refractivity contribution is 5.78. The third-order valence-electron chi connectivity index (χ3n) is 4.53. The van der Waals surface area contributed by atoms with Gasteiger partial charge in [-0.15, -0.1) is 0 Å². The molecule has 0 spiro atoms. The fraction of sp³-hybridized carbons (Fsp3) is 0.588. The zero-order chi connectivity index (χ0) is 13.8. The Balaban J connectivity index is 1.60. The fourth-order valence-electron chi connectivity index (χ4n) is 3.35. The highest BCUT2D eigenvalue weighted by atomic mass is 16.5. The number of nitrogens with one attached hydrogen (secondary N) is 1. The van der Waals surface area contributed by atoms with Crippen molar-refractivity contribution in [1.29, 1.82) is 0 Å². The number of fused-ring (bicyclic) bond motifs is 1. The van der Waals surface area contributed by atoms with Gasteiger partial charge in [-0.3, -0.25) is 0 Å². The topological polar surface area (TPSA) is 38.3 Å². The molecule has 1 unspecified atom stereocenters. The SMILES string of the molecule is O=C(OCC1CCCCC1)C1NCCc2ccccc21. The highest BCUT2D eigenvalue weighted by Crippen LogP contribution is 2.26. The molecule has 0 saturated heterocycles. The van der Waals surface area contributed by atoms with Crippen LogP contribution in [0.3, 0.4) is 0 Å². The number of benzene rings is 1. The molecule has 1 aromatic carbocycles. The number of carbonyl (C=O) groups is 1. The minimum Gasteiger partial charge on any atom is -0.464 e. The summed E-state index contributed by atoms with van der Waals surface area (Å²) in [6, 6.07) is 7.90. The Hall–Kier alpha value is -1.35. The molecule has 0 amide bonds. The van der Waals surface area contributed by atoms with Crippen LogP contribution < -0.4 is 5.32 Å². The van der Waals surface area contributed by atoms with Gasteiger partial charge in [-0.1, -0.05) is 43.5 Å². The van der Waals surface area contributed by atoms with Crippen molar-refractivity contribution in [2.75, 3.05) is 13.2 Å². The maximum Gasteiger partial charge on any atom is 0.327 e. The molecule has 3 heteroatoms. The van der Waals surface area contributed by atoms with Crippen LogP contribution in [0, 0.1) is 5.92 Å². The molecule has 1 fully saturated rings. The third-order valence-corrected chi connectivity index (χ3v) is 4.53. The normalized spacial score (nSPS) is 23.1. The second-order valence-corrected chi connectivity index (χ2v) is 5.97. The van der Waals surface area contributed by atoms with Crippen molar-refractivity contribution in [2.24, 2.45) is 5.92 Å². The van der Waals surface area contributed by atoms with E-state index in [1.54, 1.807) is 0 Å². The molecule has 3 nitrogen and oxygen atoms in total. The number of hydrogen-bond donors (Lipinski definition) is 1. The van der Waals surface area contributed by atoms with Gasteiger partial charge in [0.05, 0.1) is 6.61 Å². The molecule has 20 heavy (non-hydrogen) atoms. The molecule has 1 aliphatic heterocycles. The van der Waals surface area contributed by atoms with E-state index < -0.39 is 0 Å². The van der Waals surface area contributed by atoms with Crippen LogP contribution in [0.1, 0.15) is 49.3 Å². The van der Waals surface area contributed by atoms with Crippen molar-refractivity contribution in [2.45, 2.75) is 44.6 Å². The second-order valence-electron chi connectivity index (χ2n) is 5.97. The summed E-state index contributed by atoms with van der Waals surface area (Å²) in [7, 11) is 0. The first-order chi connectivity index (χ1) is 9.84. The zero-order valence-electron chi connectivity index (χ0n) is 11.9. The molecule has 1 aromatic rings. The molecule has 1 N–H and O–H groups in total. The Bertz CT molecular complexity index is 466. The van der Waals surface area contributed by atoms with Crippen molar-refractivity contribution in [3.05, 3.63) is 35.4 Å². The summed E-state index contributed by atoms with van der Waals surface area (Å²) in [5.41, 5.74) is 2.36. The van der Waals surface area contributed by atoms with E-state index >= 15 is 0 Å². The Morgan fingerprint density at radius 2 is 2.00 bits per heavy atom. The molecule has 2 aliphatic rings. The maximum atomic E-state index is 12.3. The molecule has 3 rings (SSSR count).